The Kier molecular flexibility index (Phi) is 6.04. The summed E-state index contributed by atoms with van der Waals surface area (Å²) in [6.45, 7) is 2.79. The summed E-state index contributed by atoms with van der Waals surface area (Å²) in [5.74, 6) is -0.109. The first kappa shape index (κ1) is 21.4. The third-order valence-corrected chi connectivity index (χ3v) is 5.78. The fourth-order valence-corrected chi connectivity index (χ4v) is 3.90. The minimum Gasteiger partial charge on any atom is -0.493 e. The van der Waals surface area contributed by atoms with E-state index in [0.717, 1.165) is 13.1 Å². The number of methoxy groups -OCH3 is 1. The number of amides is 2. The molecule has 0 spiro atoms. The zero-order valence-corrected chi connectivity index (χ0v) is 18.5. The Labute approximate surface area is 188 Å². The van der Waals surface area contributed by atoms with Crippen molar-refractivity contribution in [2.24, 2.45) is 0 Å². The van der Waals surface area contributed by atoms with E-state index in [1.54, 1.807) is 23.1 Å². The van der Waals surface area contributed by atoms with E-state index in [1.165, 1.54) is 19.5 Å². The molecule has 2 amide bonds. The molecule has 1 N–H and O–H groups in total. The van der Waals surface area contributed by atoms with Gasteiger partial charge in [0.1, 0.15) is 0 Å². The smallest absolute Gasteiger partial charge is 0.289 e. The average molecular weight is 463 g/mol. The highest BCUT2D eigenvalue weighted by Gasteiger charge is 2.26. The van der Waals surface area contributed by atoms with Crippen LogP contribution in [0.2, 0.25) is 10.0 Å². The molecule has 0 radical (unpaired) electrons. The third kappa shape index (κ3) is 4.19. The van der Waals surface area contributed by atoms with Crippen LogP contribution in [-0.4, -0.2) is 66.9 Å². The summed E-state index contributed by atoms with van der Waals surface area (Å²) in [5.41, 5.74) is 0.866. The highest BCUT2D eigenvalue weighted by Crippen LogP contribution is 2.34. The number of ether oxygens (including phenoxy) is 1. The van der Waals surface area contributed by atoms with Gasteiger partial charge in [0, 0.05) is 44.0 Å². The van der Waals surface area contributed by atoms with E-state index in [2.05, 4.69) is 15.2 Å². The van der Waals surface area contributed by atoms with Crippen molar-refractivity contribution in [2.45, 2.75) is 0 Å². The van der Waals surface area contributed by atoms with E-state index < -0.39 is 5.91 Å². The number of benzene rings is 1. The van der Waals surface area contributed by atoms with Crippen molar-refractivity contribution in [3.63, 3.8) is 0 Å². The maximum absolute atomic E-state index is 13.0. The molecule has 1 saturated heterocycles. The number of piperazine rings is 1. The van der Waals surface area contributed by atoms with Crippen LogP contribution < -0.4 is 10.1 Å². The van der Waals surface area contributed by atoms with Crippen LogP contribution in [0, 0.1) is 0 Å². The summed E-state index contributed by atoms with van der Waals surface area (Å²) >= 11 is 12.2. The van der Waals surface area contributed by atoms with Gasteiger partial charge >= 0.3 is 0 Å². The van der Waals surface area contributed by atoms with E-state index in [0.29, 0.717) is 35.4 Å². The Morgan fingerprint density at radius 1 is 1.13 bits per heavy atom. The summed E-state index contributed by atoms with van der Waals surface area (Å²) in [5, 5.41) is 3.58. The number of nitrogens with one attached hydrogen (secondary N) is 1. The normalized spacial score (nSPS) is 14.6. The first-order valence-corrected chi connectivity index (χ1v) is 10.3. The Hall–Kier alpha value is -2.81. The van der Waals surface area contributed by atoms with Crippen molar-refractivity contribution in [1.29, 1.82) is 0 Å². The monoisotopic (exact) mass is 462 g/mol. The first-order valence-electron chi connectivity index (χ1n) is 9.57. The SMILES string of the molecule is COc1ccc(C(=O)Nc2c(Cl)cncc2Cl)c2cc(C(=O)N3CCN(C)CC3)oc12. The first-order chi connectivity index (χ1) is 14.9. The molecule has 31 heavy (non-hydrogen) atoms. The van der Waals surface area contributed by atoms with Gasteiger partial charge in [0.05, 0.1) is 28.4 Å². The molecule has 0 unspecified atom stereocenters. The van der Waals surface area contributed by atoms with Crippen molar-refractivity contribution < 1.29 is 18.7 Å². The van der Waals surface area contributed by atoms with E-state index in [1.807, 2.05) is 7.05 Å². The maximum atomic E-state index is 13.0. The molecular formula is C21H20Cl2N4O4. The van der Waals surface area contributed by atoms with Crippen LogP contribution in [-0.2, 0) is 0 Å². The van der Waals surface area contributed by atoms with E-state index >= 15 is 0 Å². The zero-order valence-electron chi connectivity index (χ0n) is 16.9. The highest BCUT2D eigenvalue weighted by molar-refractivity contribution is 6.39. The van der Waals surface area contributed by atoms with Gasteiger partial charge in [-0.1, -0.05) is 23.2 Å². The van der Waals surface area contributed by atoms with Gasteiger partial charge in [-0.2, -0.15) is 0 Å². The number of nitrogens with zero attached hydrogens (tertiary/aromatic N) is 3. The molecule has 162 valence electrons. The molecule has 10 heteroatoms. The predicted molar refractivity (Wildman–Crippen MR) is 118 cm³/mol. The van der Waals surface area contributed by atoms with Gasteiger partial charge in [-0.05, 0) is 25.2 Å². The summed E-state index contributed by atoms with van der Waals surface area (Å²) in [7, 11) is 3.51. The number of fused-ring (bicyclic) bond motifs is 1. The van der Waals surface area contributed by atoms with Gasteiger partial charge in [-0.25, -0.2) is 0 Å². The lowest BCUT2D eigenvalue weighted by Crippen LogP contribution is -2.47. The number of aromatic nitrogens is 1. The fourth-order valence-electron chi connectivity index (χ4n) is 3.44. The van der Waals surface area contributed by atoms with Crippen LogP contribution in [0.4, 0.5) is 5.69 Å². The maximum Gasteiger partial charge on any atom is 0.289 e. The molecule has 4 rings (SSSR count). The van der Waals surface area contributed by atoms with E-state index in [9.17, 15) is 9.59 Å². The summed E-state index contributed by atoms with van der Waals surface area (Å²) < 4.78 is 11.2. The molecule has 0 atom stereocenters. The molecule has 1 fully saturated rings. The lowest BCUT2D eigenvalue weighted by Gasteiger charge is -2.31. The van der Waals surface area contributed by atoms with Crippen LogP contribution in [0.1, 0.15) is 20.9 Å². The highest BCUT2D eigenvalue weighted by atomic mass is 35.5. The van der Waals surface area contributed by atoms with Crippen molar-refractivity contribution in [1.82, 2.24) is 14.8 Å². The molecule has 0 aliphatic carbocycles. The number of hydrogen-bond acceptors (Lipinski definition) is 6. The third-order valence-electron chi connectivity index (χ3n) is 5.21. The van der Waals surface area contributed by atoms with Gasteiger partial charge in [-0.3, -0.25) is 14.6 Å². The molecule has 3 aromatic rings. The summed E-state index contributed by atoms with van der Waals surface area (Å²) in [4.78, 5) is 33.8. The Bertz CT molecular complexity index is 1140. The Morgan fingerprint density at radius 3 is 2.45 bits per heavy atom. The summed E-state index contributed by atoms with van der Waals surface area (Å²) in [6, 6.07) is 4.78. The van der Waals surface area contributed by atoms with Crippen LogP contribution >= 0.6 is 23.2 Å². The molecular weight excluding hydrogens is 443 g/mol. The van der Waals surface area contributed by atoms with Crippen molar-refractivity contribution in [2.75, 3.05) is 45.7 Å². The molecule has 0 bridgehead atoms. The number of furan rings is 1. The Morgan fingerprint density at radius 2 is 1.81 bits per heavy atom. The molecule has 1 aromatic carbocycles. The average Bonchev–Trinajstić information content (AvgIpc) is 3.21. The Balaban J connectivity index is 1.70. The van der Waals surface area contributed by atoms with Gasteiger partial charge in [-0.15, -0.1) is 0 Å². The standard InChI is InChI=1S/C21H20Cl2N4O4/c1-26-5-7-27(8-6-26)21(29)17-9-13-12(3-4-16(30-2)19(13)31-17)20(28)25-18-14(22)10-24-11-15(18)23/h3-4,9-11H,5-8H2,1-2H3,(H,24,25,28). The van der Waals surface area contributed by atoms with Crippen molar-refractivity contribution >= 4 is 51.7 Å². The van der Waals surface area contributed by atoms with Gasteiger partial charge in [0.25, 0.3) is 11.8 Å². The predicted octanol–water partition coefficient (Wildman–Crippen LogP) is 3.78. The fraction of sp³-hybridized carbons (Fsp3) is 0.286. The minimum atomic E-state index is -0.456. The van der Waals surface area contributed by atoms with Crippen LogP contribution in [0.25, 0.3) is 11.0 Å². The molecule has 1 aliphatic rings. The van der Waals surface area contributed by atoms with E-state index in [4.69, 9.17) is 32.4 Å². The van der Waals surface area contributed by atoms with Crippen LogP contribution in [0.15, 0.2) is 35.0 Å². The largest absolute Gasteiger partial charge is 0.493 e. The van der Waals surface area contributed by atoms with Gasteiger partial charge < -0.3 is 24.3 Å². The van der Waals surface area contributed by atoms with Gasteiger partial charge in [0.15, 0.2) is 17.1 Å². The van der Waals surface area contributed by atoms with Gasteiger partial charge in [0.2, 0.25) is 0 Å². The number of hydrogen-bond donors (Lipinski definition) is 1. The minimum absolute atomic E-state index is 0.151. The number of pyridine rings is 1. The lowest BCUT2D eigenvalue weighted by molar-refractivity contribution is 0.0634. The van der Waals surface area contributed by atoms with Crippen LogP contribution in [0.3, 0.4) is 0 Å². The summed E-state index contributed by atoms with van der Waals surface area (Å²) in [6.07, 6.45) is 2.77. The second kappa shape index (κ2) is 8.74. The number of likely N-dealkylation sites (N-methyl/N-ethyl adjacent to an activating group) is 1. The number of carbonyl (C=O) groups excluding carboxylic acids is 2. The number of rotatable bonds is 4. The molecule has 0 saturated carbocycles. The van der Waals surface area contributed by atoms with Crippen molar-refractivity contribution in [3.05, 3.63) is 52.0 Å². The zero-order chi connectivity index (χ0) is 22.1. The topological polar surface area (TPSA) is 87.9 Å². The number of carbonyl (C=O) groups is 2. The molecule has 3 heterocycles. The van der Waals surface area contributed by atoms with Crippen molar-refractivity contribution in [3.8, 4) is 5.75 Å². The van der Waals surface area contributed by atoms with Crippen LogP contribution in [0.5, 0.6) is 5.75 Å². The molecule has 1 aliphatic heterocycles. The molecule has 2 aromatic heterocycles. The number of anilines is 1. The lowest BCUT2D eigenvalue weighted by atomic mass is 10.1. The van der Waals surface area contributed by atoms with E-state index in [-0.39, 0.29) is 27.4 Å². The quantitative estimate of drug-likeness (QED) is 0.634. The molecule has 8 nitrogen and oxygen atoms in total. The second-order valence-corrected chi connectivity index (χ2v) is 8.01. The second-order valence-electron chi connectivity index (χ2n) is 7.20. The number of halogens is 2.